The summed E-state index contributed by atoms with van der Waals surface area (Å²) in [6.45, 7) is 9.66. The first-order valence-electron chi connectivity index (χ1n) is 8.16. The molecule has 0 spiro atoms. The van der Waals surface area contributed by atoms with Crippen LogP contribution < -0.4 is 5.32 Å². The zero-order chi connectivity index (χ0) is 16.9. The molecular formula is C17H28N2O3. The van der Waals surface area contributed by atoms with Crippen LogP contribution in [0.2, 0.25) is 0 Å². The van der Waals surface area contributed by atoms with E-state index in [1.165, 1.54) is 11.0 Å². The Balaban J connectivity index is 2.96. The van der Waals surface area contributed by atoms with E-state index < -0.39 is 6.04 Å². The second-order valence-electron chi connectivity index (χ2n) is 6.34. The molecule has 0 saturated heterocycles. The maximum atomic E-state index is 12.8. The smallest absolute Gasteiger partial charge is 0.253 e. The molecule has 1 aliphatic heterocycles. The van der Waals surface area contributed by atoms with E-state index >= 15 is 0 Å². The van der Waals surface area contributed by atoms with E-state index in [2.05, 4.69) is 5.32 Å². The van der Waals surface area contributed by atoms with E-state index in [4.69, 9.17) is 0 Å². The molecule has 0 bridgehead atoms. The number of carbonyl (C=O) groups is 3. The zero-order valence-corrected chi connectivity index (χ0v) is 14.3. The number of rotatable bonds is 7. The molecule has 0 aliphatic carbocycles. The maximum Gasteiger partial charge on any atom is 0.253 e. The SMILES string of the molecule is CCC[C@@H]1C(C)=CC(=O)N1C(=O)[C@@H](CC(C)C)NC(=O)CC. The van der Waals surface area contributed by atoms with Crippen LogP contribution in [0.5, 0.6) is 0 Å². The average molecular weight is 308 g/mol. The molecule has 1 aliphatic rings. The Hall–Kier alpha value is -1.65. The zero-order valence-electron chi connectivity index (χ0n) is 14.3. The molecule has 3 amide bonds. The minimum absolute atomic E-state index is 0.164. The number of hydrogen-bond donors (Lipinski definition) is 1. The third-order valence-electron chi connectivity index (χ3n) is 3.89. The van der Waals surface area contributed by atoms with E-state index in [1.54, 1.807) is 6.92 Å². The molecule has 2 atom stereocenters. The van der Waals surface area contributed by atoms with Gasteiger partial charge in [0.15, 0.2) is 0 Å². The van der Waals surface area contributed by atoms with Crippen molar-refractivity contribution in [3.63, 3.8) is 0 Å². The van der Waals surface area contributed by atoms with Crippen LogP contribution in [-0.4, -0.2) is 34.7 Å². The van der Waals surface area contributed by atoms with Crippen LogP contribution in [-0.2, 0) is 14.4 Å². The van der Waals surface area contributed by atoms with Crippen molar-refractivity contribution >= 4 is 17.7 Å². The monoisotopic (exact) mass is 308 g/mol. The lowest BCUT2D eigenvalue weighted by molar-refractivity contribution is -0.146. The highest BCUT2D eigenvalue weighted by atomic mass is 16.2. The summed E-state index contributed by atoms with van der Waals surface area (Å²) in [5, 5.41) is 2.77. The molecule has 22 heavy (non-hydrogen) atoms. The van der Waals surface area contributed by atoms with E-state index in [0.29, 0.717) is 12.8 Å². The highest BCUT2D eigenvalue weighted by molar-refractivity contribution is 6.06. The van der Waals surface area contributed by atoms with Gasteiger partial charge in [-0.1, -0.05) is 34.1 Å². The minimum atomic E-state index is -0.630. The van der Waals surface area contributed by atoms with Crippen LogP contribution in [0.25, 0.3) is 0 Å². The number of nitrogens with zero attached hydrogens (tertiary/aromatic N) is 1. The Kier molecular flexibility index (Phi) is 6.78. The first-order chi connectivity index (χ1) is 10.3. The predicted octanol–water partition coefficient (Wildman–Crippen LogP) is 2.41. The fourth-order valence-corrected chi connectivity index (χ4v) is 2.77. The summed E-state index contributed by atoms with van der Waals surface area (Å²) in [6, 6.07) is -0.798. The van der Waals surface area contributed by atoms with Crippen LogP contribution in [0.1, 0.15) is 60.3 Å². The van der Waals surface area contributed by atoms with Gasteiger partial charge in [-0.2, -0.15) is 0 Å². The van der Waals surface area contributed by atoms with Crippen LogP contribution in [0.15, 0.2) is 11.6 Å². The molecule has 1 heterocycles. The number of nitrogens with one attached hydrogen (secondary N) is 1. The molecule has 124 valence electrons. The molecule has 0 aromatic heterocycles. The van der Waals surface area contributed by atoms with E-state index in [-0.39, 0.29) is 29.7 Å². The van der Waals surface area contributed by atoms with Crippen LogP contribution >= 0.6 is 0 Å². The van der Waals surface area contributed by atoms with E-state index in [1.807, 2.05) is 27.7 Å². The van der Waals surface area contributed by atoms with Crippen molar-refractivity contribution in [3.05, 3.63) is 11.6 Å². The summed E-state index contributed by atoms with van der Waals surface area (Å²) in [7, 11) is 0. The molecule has 5 heteroatoms. The molecule has 0 aromatic rings. The third kappa shape index (κ3) is 4.42. The normalized spacial score (nSPS) is 19.4. The third-order valence-corrected chi connectivity index (χ3v) is 3.89. The summed E-state index contributed by atoms with van der Waals surface area (Å²) in [4.78, 5) is 38.0. The van der Waals surface area contributed by atoms with Gasteiger partial charge in [-0.05, 0) is 31.3 Å². The molecule has 0 unspecified atom stereocenters. The minimum Gasteiger partial charge on any atom is -0.344 e. The Morgan fingerprint density at radius 2 is 1.95 bits per heavy atom. The standard InChI is InChI=1S/C17H28N2O3/c1-6-8-14-12(5)10-16(21)19(14)17(22)13(9-11(3)4)18-15(20)7-2/h10-11,13-14H,6-9H2,1-5H3,(H,18,20)/t13-,14-/m1/s1. The number of hydrogen-bond acceptors (Lipinski definition) is 3. The Morgan fingerprint density at radius 1 is 1.32 bits per heavy atom. The lowest BCUT2D eigenvalue weighted by Crippen LogP contribution is -2.52. The van der Waals surface area contributed by atoms with Gasteiger partial charge in [-0.3, -0.25) is 19.3 Å². The fourth-order valence-electron chi connectivity index (χ4n) is 2.77. The summed E-state index contributed by atoms with van der Waals surface area (Å²) in [5.41, 5.74) is 0.922. The molecule has 0 aromatic carbocycles. The van der Waals surface area contributed by atoms with Crippen molar-refractivity contribution in [1.29, 1.82) is 0 Å². The molecular weight excluding hydrogens is 280 g/mol. The van der Waals surface area contributed by atoms with Crippen LogP contribution in [0.3, 0.4) is 0 Å². The fraction of sp³-hybridized carbons (Fsp3) is 0.706. The van der Waals surface area contributed by atoms with Gasteiger partial charge in [0.05, 0.1) is 6.04 Å². The molecule has 1 rings (SSSR count). The van der Waals surface area contributed by atoms with Gasteiger partial charge in [0.1, 0.15) is 6.04 Å². The Morgan fingerprint density at radius 3 is 2.45 bits per heavy atom. The van der Waals surface area contributed by atoms with Gasteiger partial charge < -0.3 is 5.32 Å². The maximum absolute atomic E-state index is 12.8. The number of amides is 3. The number of carbonyl (C=O) groups excluding carboxylic acids is 3. The molecule has 1 N–H and O–H groups in total. The first-order valence-corrected chi connectivity index (χ1v) is 8.16. The highest BCUT2D eigenvalue weighted by Crippen LogP contribution is 2.25. The topological polar surface area (TPSA) is 66.5 Å². The Labute approximate surface area is 133 Å². The van der Waals surface area contributed by atoms with Crippen molar-refractivity contribution in [1.82, 2.24) is 10.2 Å². The van der Waals surface area contributed by atoms with E-state index in [0.717, 1.165) is 18.4 Å². The lowest BCUT2D eigenvalue weighted by Gasteiger charge is -2.29. The summed E-state index contributed by atoms with van der Waals surface area (Å²) < 4.78 is 0. The molecule has 0 radical (unpaired) electrons. The van der Waals surface area contributed by atoms with Gasteiger partial charge in [0.2, 0.25) is 5.91 Å². The van der Waals surface area contributed by atoms with Gasteiger partial charge in [-0.25, -0.2) is 0 Å². The van der Waals surface area contributed by atoms with Crippen LogP contribution in [0.4, 0.5) is 0 Å². The lowest BCUT2D eigenvalue weighted by atomic mass is 10.0. The second-order valence-corrected chi connectivity index (χ2v) is 6.34. The van der Waals surface area contributed by atoms with Crippen LogP contribution in [0, 0.1) is 5.92 Å². The van der Waals surface area contributed by atoms with Gasteiger partial charge in [0.25, 0.3) is 11.8 Å². The average Bonchev–Trinajstić information content (AvgIpc) is 2.71. The van der Waals surface area contributed by atoms with Crippen molar-refractivity contribution < 1.29 is 14.4 Å². The van der Waals surface area contributed by atoms with Gasteiger partial charge in [-0.15, -0.1) is 0 Å². The van der Waals surface area contributed by atoms with Crippen molar-refractivity contribution in [2.45, 2.75) is 72.4 Å². The highest BCUT2D eigenvalue weighted by Gasteiger charge is 2.38. The molecule has 0 saturated carbocycles. The first kappa shape index (κ1) is 18.4. The van der Waals surface area contributed by atoms with Crippen molar-refractivity contribution in [3.8, 4) is 0 Å². The Bertz CT molecular complexity index is 469. The van der Waals surface area contributed by atoms with Crippen molar-refractivity contribution in [2.24, 2.45) is 5.92 Å². The quantitative estimate of drug-likeness (QED) is 0.785. The summed E-state index contributed by atoms with van der Waals surface area (Å²) >= 11 is 0. The van der Waals surface area contributed by atoms with E-state index in [9.17, 15) is 14.4 Å². The van der Waals surface area contributed by atoms with Gasteiger partial charge >= 0.3 is 0 Å². The second kappa shape index (κ2) is 8.11. The number of imide groups is 1. The summed E-state index contributed by atoms with van der Waals surface area (Å²) in [5.74, 6) is -0.461. The largest absolute Gasteiger partial charge is 0.344 e. The van der Waals surface area contributed by atoms with Crippen molar-refractivity contribution in [2.75, 3.05) is 0 Å². The predicted molar refractivity (Wildman–Crippen MR) is 86.0 cm³/mol. The molecule has 0 fully saturated rings. The molecule has 5 nitrogen and oxygen atoms in total. The summed E-state index contributed by atoms with van der Waals surface area (Å²) in [6.07, 6.45) is 4.04. The van der Waals surface area contributed by atoms with Gasteiger partial charge in [0, 0.05) is 12.5 Å².